The fourth-order valence-electron chi connectivity index (χ4n) is 2.54. The van der Waals surface area contributed by atoms with E-state index in [-0.39, 0.29) is 6.54 Å². The Balaban J connectivity index is 1.95. The van der Waals surface area contributed by atoms with Gasteiger partial charge in [0.05, 0.1) is 23.9 Å². The highest BCUT2D eigenvalue weighted by Crippen LogP contribution is 2.39. The van der Waals surface area contributed by atoms with E-state index in [1.165, 1.54) is 29.3 Å². The van der Waals surface area contributed by atoms with Crippen molar-refractivity contribution in [2.45, 2.75) is 45.4 Å². The van der Waals surface area contributed by atoms with Gasteiger partial charge in [-0.05, 0) is 33.8 Å². The molecule has 1 aliphatic heterocycles. The molecule has 0 aliphatic carbocycles. The van der Waals surface area contributed by atoms with Gasteiger partial charge >= 0.3 is 7.12 Å². The van der Waals surface area contributed by atoms with Crippen LogP contribution in [0.3, 0.4) is 0 Å². The summed E-state index contributed by atoms with van der Waals surface area (Å²) in [4.78, 5) is 8.19. The van der Waals surface area contributed by atoms with E-state index >= 15 is 0 Å². The predicted molar refractivity (Wildman–Crippen MR) is 94.4 cm³/mol. The molecule has 2 aromatic heterocycles. The van der Waals surface area contributed by atoms with Crippen LogP contribution in [0.1, 0.15) is 33.3 Å². The van der Waals surface area contributed by atoms with E-state index in [1.807, 2.05) is 27.7 Å². The van der Waals surface area contributed by atoms with E-state index < -0.39 is 30.7 Å². The minimum atomic E-state index is -1.11. The molecule has 9 heteroatoms. The van der Waals surface area contributed by atoms with Crippen molar-refractivity contribution in [3.8, 4) is 11.4 Å². The fourth-order valence-corrected chi connectivity index (χ4v) is 2.54. The first-order chi connectivity index (χ1) is 12.2. The van der Waals surface area contributed by atoms with Crippen molar-refractivity contribution in [3.63, 3.8) is 0 Å². The number of aromatic nitrogens is 4. The first-order valence-electron chi connectivity index (χ1n) is 8.36. The predicted octanol–water partition coefficient (Wildman–Crippen LogP) is 3.25. The van der Waals surface area contributed by atoms with Crippen LogP contribution in [0.15, 0.2) is 30.5 Å². The summed E-state index contributed by atoms with van der Waals surface area (Å²) in [6, 6.07) is 0. The summed E-state index contributed by atoms with van der Waals surface area (Å²) < 4.78 is 40.4. The van der Waals surface area contributed by atoms with Crippen LogP contribution in [0, 0.1) is 0 Å². The zero-order valence-electron chi connectivity index (χ0n) is 15.2. The van der Waals surface area contributed by atoms with Crippen LogP contribution in [-0.4, -0.2) is 44.7 Å². The molecule has 1 saturated heterocycles. The Morgan fingerprint density at radius 3 is 2.50 bits per heavy atom. The first-order valence-corrected chi connectivity index (χ1v) is 8.36. The normalized spacial score (nSPS) is 19.2. The SMILES string of the molecule is CC1(C)OB(C(F)=Cc2cn(CCF)nc2-c2cnccn2)OC1(C)C. The number of hydrogen-bond acceptors (Lipinski definition) is 5. The molecule has 0 saturated carbocycles. The largest absolute Gasteiger partial charge is 0.525 e. The van der Waals surface area contributed by atoms with Crippen LogP contribution >= 0.6 is 0 Å². The monoisotopic (exact) mass is 362 g/mol. The molecular formula is C17H21BF2N4O2. The van der Waals surface area contributed by atoms with Gasteiger partial charge in [0.15, 0.2) is 0 Å². The third kappa shape index (κ3) is 3.54. The van der Waals surface area contributed by atoms with Gasteiger partial charge in [0.1, 0.15) is 23.8 Å². The van der Waals surface area contributed by atoms with Gasteiger partial charge in [-0.2, -0.15) is 5.10 Å². The van der Waals surface area contributed by atoms with Crippen molar-refractivity contribution >= 4 is 13.2 Å². The average Bonchev–Trinajstić information content (AvgIpc) is 3.06. The van der Waals surface area contributed by atoms with Gasteiger partial charge < -0.3 is 9.31 Å². The van der Waals surface area contributed by atoms with E-state index in [9.17, 15) is 8.78 Å². The highest BCUT2D eigenvalue weighted by Gasteiger charge is 2.53. The van der Waals surface area contributed by atoms with E-state index in [4.69, 9.17) is 9.31 Å². The van der Waals surface area contributed by atoms with Crippen molar-refractivity contribution in [3.05, 3.63) is 36.1 Å². The molecule has 0 N–H and O–H groups in total. The quantitative estimate of drug-likeness (QED) is 0.765. The standard InChI is InChI=1S/C17H21BF2N4O2/c1-16(2)17(3,4)26-18(25-16)14(20)9-12-11-24(8-5-19)23-15(12)13-10-21-6-7-22-13/h6-7,9-11H,5,8H2,1-4H3. The number of nitrogens with zero attached hydrogens (tertiary/aromatic N) is 4. The van der Waals surface area contributed by atoms with Gasteiger partial charge in [-0.25, -0.2) is 8.78 Å². The Morgan fingerprint density at radius 1 is 1.23 bits per heavy atom. The van der Waals surface area contributed by atoms with Crippen LogP contribution in [-0.2, 0) is 15.9 Å². The maximum atomic E-state index is 14.8. The molecule has 0 atom stereocenters. The molecule has 3 heterocycles. The molecule has 0 unspecified atom stereocenters. The lowest BCUT2D eigenvalue weighted by Gasteiger charge is -2.32. The van der Waals surface area contributed by atoms with Gasteiger partial charge in [-0.1, -0.05) is 0 Å². The van der Waals surface area contributed by atoms with Crippen molar-refractivity contribution in [1.82, 2.24) is 19.7 Å². The lowest BCUT2D eigenvalue weighted by Crippen LogP contribution is -2.41. The molecule has 3 rings (SSSR count). The van der Waals surface area contributed by atoms with Crippen LogP contribution in [0.4, 0.5) is 8.78 Å². The van der Waals surface area contributed by atoms with Crippen LogP contribution in [0.2, 0.25) is 0 Å². The van der Waals surface area contributed by atoms with Gasteiger partial charge in [0.25, 0.3) is 0 Å². The lowest BCUT2D eigenvalue weighted by molar-refractivity contribution is 0.00578. The Morgan fingerprint density at radius 2 is 1.92 bits per heavy atom. The fraction of sp³-hybridized carbons (Fsp3) is 0.471. The van der Waals surface area contributed by atoms with Crippen LogP contribution < -0.4 is 0 Å². The summed E-state index contributed by atoms with van der Waals surface area (Å²) in [5.74, 6) is 0. The zero-order chi connectivity index (χ0) is 18.9. The zero-order valence-corrected chi connectivity index (χ0v) is 15.2. The Hall–Kier alpha value is -2.13. The van der Waals surface area contributed by atoms with Gasteiger partial charge in [0.2, 0.25) is 0 Å². The van der Waals surface area contributed by atoms with Gasteiger partial charge in [0, 0.05) is 24.2 Å². The van der Waals surface area contributed by atoms with Gasteiger partial charge in [-0.3, -0.25) is 14.6 Å². The van der Waals surface area contributed by atoms with Crippen LogP contribution in [0.25, 0.3) is 17.5 Å². The van der Waals surface area contributed by atoms with E-state index in [1.54, 1.807) is 6.20 Å². The minimum Gasteiger partial charge on any atom is -0.398 e. The number of aryl methyl sites for hydroxylation is 1. The third-order valence-corrected chi connectivity index (χ3v) is 4.68. The number of alkyl halides is 1. The molecule has 0 spiro atoms. The maximum Gasteiger partial charge on any atom is 0.525 e. The summed E-state index contributed by atoms with van der Waals surface area (Å²) in [7, 11) is -1.11. The summed E-state index contributed by atoms with van der Waals surface area (Å²) in [6.07, 6.45) is 7.42. The van der Waals surface area contributed by atoms with Crippen molar-refractivity contribution in [2.24, 2.45) is 0 Å². The molecule has 0 amide bonds. The van der Waals surface area contributed by atoms with Crippen molar-refractivity contribution in [2.75, 3.05) is 6.67 Å². The average molecular weight is 362 g/mol. The lowest BCUT2D eigenvalue weighted by atomic mass is 9.87. The van der Waals surface area contributed by atoms with E-state index in [2.05, 4.69) is 15.1 Å². The summed E-state index contributed by atoms with van der Waals surface area (Å²) in [5, 5.41) is 4.29. The second kappa shape index (κ2) is 6.88. The molecule has 26 heavy (non-hydrogen) atoms. The maximum absolute atomic E-state index is 14.8. The smallest absolute Gasteiger partial charge is 0.398 e. The molecule has 1 fully saturated rings. The van der Waals surface area contributed by atoms with E-state index in [0.717, 1.165) is 0 Å². The first kappa shape index (κ1) is 18.7. The van der Waals surface area contributed by atoms with Crippen molar-refractivity contribution < 1.29 is 18.1 Å². The summed E-state index contributed by atoms with van der Waals surface area (Å²) in [5.41, 5.74) is -0.541. The second-order valence-corrected chi connectivity index (χ2v) is 7.09. The van der Waals surface area contributed by atoms with E-state index in [0.29, 0.717) is 17.0 Å². The Labute approximate surface area is 151 Å². The molecule has 138 valence electrons. The molecule has 1 aliphatic rings. The van der Waals surface area contributed by atoms with Crippen LogP contribution in [0.5, 0.6) is 0 Å². The van der Waals surface area contributed by atoms with Gasteiger partial charge in [-0.15, -0.1) is 0 Å². The highest BCUT2D eigenvalue weighted by atomic mass is 19.1. The number of rotatable bonds is 5. The third-order valence-electron chi connectivity index (χ3n) is 4.68. The highest BCUT2D eigenvalue weighted by molar-refractivity contribution is 6.54. The minimum absolute atomic E-state index is 0.0687. The molecule has 0 aromatic carbocycles. The van der Waals surface area contributed by atoms with Crippen molar-refractivity contribution in [1.29, 1.82) is 0 Å². The Kier molecular flexibility index (Phi) is 4.94. The molecular weight excluding hydrogens is 341 g/mol. The molecule has 0 bridgehead atoms. The molecule has 2 aromatic rings. The summed E-state index contributed by atoms with van der Waals surface area (Å²) in [6.45, 7) is 6.90. The Bertz CT molecular complexity index is 792. The topological polar surface area (TPSA) is 62.1 Å². The second-order valence-electron chi connectivity index (χ2n) is 7.09. The number of halogens is 2. The molecule has 0 radical (unpaired) electrons. The number of hydrogen-bond donors (Lipinski definition) is 0. The summed E-state index contributed by atoms with van der Waals surface area (Å²) >= 11 is 0. The molecule has 6 nitrogen and oxygen atoms in total.